The lowest BCUT2D eigenvalue weighted by Gasteiger charge is -2.06. The van der Waals surface area contributed by atoms with E-state index in [1.165, 1.54) is 0 Å². The van der Waals surface area contributed by atoms with Crippen LogP contribution < -0.4 is 0 Å². The molecule has 1 fully saturated rings. The highest BCUT2D eigenvalue weighted by atomic mass is 79.9. The van der Waals surface area contributed by atoms with Gasteiger partial charge in [0, 0.05) is 11.6 Å². The van der Waals surface area contributed by atoms with Crippen molar-refractivity contribution in [2.45, 2.75) is 26.3 Å². The summed E-state index contributed by atoms with van der Waals surface area (Å²) < 4.78 is 2.59. The first-order chi connectivity index (χ1) is 6.10. The van der Waals surface area contributed by atoms with Gasteiger partial charge in [0.05, 0.1) is 10.7 Å². The second-order valence-corrected chi connectivity index (χ2v) is 4.76. The highest BCUT2D eigenvalue weighted by molar-refractivity contribution is 9.10. The summed E-state index contributed by atoms with van der Waals surface area (Å²) in [6, 6.07) is 0. The fourth-order valence-electron chi connectivity index (χ4n) is 1.23. The fourth-order valence-corrected chi connectivity index (χ4v) is 1.56. The molecule has 1 heterocycles. The largest absolute Gasteiger partial charge is 0.297 e. The van der Waals surface area contributed by atoms with E-state index in [0.717, 1.165) is 17.3 Å². The molecule has 1 aliphatic rings. The van der Waals surface area contributed by atoms with Gasteiger partial charge in [0.2, 0.25) is 0 Å². The molecule has 1 aromatic rings. The number of aromatic nitrogens is 2. The second kappa shape index (κ2) is 2.94. The molecular weight excluding hydrogens is 232 g/mol. The van der Waals surface area contributed by atoms with Crippen LogP contribution in [-0.2, 0) is 11.3 Å². The number of hydrogen-bond acceptors (Lipinski definition) is 2. The van der Waals surface area contributed by atoms with E-state index in [2.05, 4.69) is 21.0 Å². The van der Waals surface area contributed by atoms with Crippen LogP contribution in [-0.4, -0.2) is 15.6 Å². The van der Waals surface area contributed by atoms with Crippen molar-refractivity contribution in [2.24, 2.45) is 5.41 Å². The van der Waals surface area contributed by atoms with E-state index in [4.69, 9.17) is 0 Å². The molecule has 0 amide bonds. The SMILES string of the molecule is CC1(C(=O)Cn2cc(Br)cn2)CC1. The van der Waals surface area contributed by atoms with Crippen molar-refractivity contribution in [3.8, 4) is 0 Å². The zero-order chi connectivity index (χ0) is 9.47. The molecule has 13 heavy (non-hydrogen) atoms. The Kier molecular flexibility index (Phi) is 2.02. The summed E-state index contributed by atoms with van der Waals surface area (Å²) in [5.74, 6) is 0.295. The van der Waals surface area contributed by atoms with Crippen molar-refractivity contribution in [1.82, 2.24) is 9.78 Å². The Morgan fingerprint density at radius 2 is 2.46 bits per heavy atom. The lowest BCUT2D eigenvalue weighted by molar-refractivity contribution is -0.124. The third-order valence-corrected chi connectivity index (χ3v) is 2.99. The first-order valence-electron chi connectivity index (χ1n) is 4.31. The monoisotopic (exact) mass is 242 g/mol. The second-order valence-electron chi connectivity index (χ2n) is 3.84. The maximum atomic E-state index is 11.6. The van der Waals surface area contributed by atoms with Gasteiger partial charge in [0.25, 0.3) is 0 Å². The summed E-state index contributed by atoms with van der Waals surface area (Å²) in [5.41, 5.74) is -0.0432. The number of nitrogens with zero attached hydrogens (tertiary/aromatic N) is 2. The fraction of sp³-hybridized carbons (Fsp3) is 0.556. The minimum atomic E-state index is -0.0432. The van der Waals surface area contributed by atoms with Gasteiger partial charge in [-0.05, 0) is 28.8 Å². The molecule has 0 aliphatic heterocycles. The standard InChI is InChI=1S/C9H11BrN2O/c1-9(2-3-9)8(13)6-12-5-7(10)4-11-12/h4-5H,2-3,6H2,1H3. The molecule has 0 unspecified atom stereocenters. The van der Waals surface area contributed by atoms with Gasteiger partial charge in [-0.3, -0.25) is 9.48 Å². The van der Waals surface area contributed by atoms with E-state index < -0.39 is 0 Å². The van der Waals surface area contributed by atoms with Crippen LogP contribution in [0.2, 0.25) is 0 Å². The molecule has 0 saturated heterocycles. The molecule has 0 spiro atoms. The summed E-state index contributed by atoms with van der Waals surface area (Å²) in [5, 5.41) is 4.05. The van der Waals surface area contributed by atoms with Crippen LogP contribution in [0.5, 0.6) is 0 Å². The quantitative estimate of drug-likeness (QED) is 0.813. The Bertz CT molecular complexity index is 341. The molecule has 70 valence electrons. The van der Waals surface area contributed by atoms with Crippen LogP contribution in [0, 0.1) is 5.41 Å². The van der Waals surface area contributed by atoms with E-state index in [1.54, 1.807) is 10.9 Å². The minimum absolute atomic E-state index is 0.0432. The van der Waals surface area contributed by atoms with Crippen LogP contribution in [0.15, 0.2) is 16.9 Å². The number of hydrogen-bond donors (Lipinski definition) is 0. The van der Waals surface area contributed by atoms with Gasteiger partial charge in [0.15, 0.2) is 5.78 Å². The lowest BCUT2D eigenvalue weighted by atomic mass is 10.0. The van der Waals surface area contributed by atoms with Crippen LogP contribution >= 0.6 is 15.9 Å². The van der Waals surface area contributed by atoms with Gasteiger partial charge in [-0.1, -0.05) is 6.92 Å². The smallest absolute Gasteiger partial charge is 0.160 e. The minimum Gasteiger partial charge on any atom is -0.297 e. The Hall–Kier alpha value is -0.640. The number of ketones is 1. The zero-order valence-electron chi connectivity index (χ0n) is 7.46. The van der Waals surface area contributed by atoms with E-state index in [9.17, 15) is 4.79 Å². The normalized spacial score (nSPS) is 18.6. The third-order valence-electron chi connectivity index (χ3n) is 2.58. The van der Waals surface area contributed by atoms with Gasteiger partial charge in [-0.2, -0.15) is 5.10 Å². The van der Waals surface area contributed by atoms with Crippen molar-refractivity contribution in [1.29, 1.82) is 0 Å². The van der Waals surface area contributed by atoms with Gasteiger partial charge in [-0.15, -0.1) is 0 Å². The maximum Gasteiger partial charge on any atom is 0.160 e. The van der Waals surface area contributed by atoms with Crippen molar-refractivity contribution in [3.63, 3.8) is 0 Å². The number of carbonyl (C=O) groups excluding carboxylic acids is 1. The Morgan fingerprint density at radius 1 is 1.77 bits per heavy atom. The van der Waals surface area contributed by atoms with E-state index in [-0.39, 0.29) is 5.41 Å². The molecule has 1 saturated carbocycles. The van der Waals surface area contributed by atoms with Gasteiger partial charge in [-0.25, -0.2) is 0 Å². The molecule has 0 radical (unpaired) electrons. The van der Waals surface area contributed by atoms with E-state index in [1.807, 2.05) is 13.1 Å². The average Bonchev–Trinajstić information content (AvgIpc) is 2.69. The average molecular weight is 243 g/mol. The summed E-state index contributed by atoms with van der Waals surface area (Å²) in [7, 11) is 0. The van der Waals surface area contributed by atoms with Crippen molar-refractivity contribution >= 4 is 21.7 Å². The summed E-state index contributed by atoms with van der Waals surface area (Å²) in [6.07, 6.45) is 5.59. The predicted molar refractivity (Wildman–Crippen MR) is 52.3 cm³/mol. The van der Waals surface area contributed by atoms with Crippen LogP contribution in [0.4, 0.5) is 0 Å². The molecule has 1 aliphatic carbocycles. The van der Waals surface area contributed by atoms with Crippen molar-refractivity contribution < 1.29 is 4.79 Å². The lowest BCUT2D eigenvalue weighted by Crippen LogP contribution is -2.18. The first-order valence-corrected chi connectivity index (χ1v) is 5.11. The molecule has 0 aromatic carbocycles. The number of halogens is 1. The Balaban J connectivity index is 2.02. The summed E-state index contributed by atoms with van der Waals surface area (Å²) >= 11 is 3.29. The maximum absolute atomic E-state index is 11.6. The van der Waals surface area contributed by atoms with Crippen LogP contribution in [0.1, 0.15) is 19.8 Å². The van der Waals surface area contributed by atoms with Crippen molar-refractivity contribution in [3.05, 3.63) is 16.9 Å². The number of carbonyl (C=O) groups is 1. The van der Waals surface area contributed by atoms with Gasteiger partial charge in [0.1, 0.15) is 6.54 Å². The molecule has 0 atom stereocenters. The van der Waals surface area contributed by atoms with Crippen LogP contribution in [0.25, 0.3) is 0 Å². The van der Waals surface area contributed by atoms with E-state index >= 15 is 0 Å². The summed E-state index contributed by atoms with van der Waals surface area (Å²) in [4.78, 5) is 11.6. The molecular formula is C9H11BrN2O. The topological polar surface area (TPSA) is 34.9 Å². The molecule has 0 bridgehead atoms. The number of Topliss-reactive ketones (excluding diaryl/α,β-unsaturated/α-hetero) is 1. The molecule has 0 N–H and O–H groups in total. The number of rotatable bonds is 3. The Labute approximate surface area is 85.3 Å². The zero-order valence-corrected chi connectivity index (χ0v) is 9.04. The molecule has 4 heteroatoms. The highest BCUT2D eigenvalue weighted by Gasteiger charge is 2.44. The highest BCUT2D eigenvalue weighted by Crippen LogP contribution is 2.45. The molecule has 3 nitrogen and oxygen atoms in total. The first kappa shape index (κ1) is 8.94. The van der Waals surface area contributed by atoms with Gasteiger partial charge >= 0.3 is 0 Å². The van der Waals surface area contributed by atoms with Crippen molar-refractivity contribution in [2.75, 3.05) is 0 Å². The third kappa shape index (κ3) is 1.82. The Morgan fingerprint density at radius 3 is 2.92 bits per heavy atom. The van der Waals surface area contributed by atoms with Gasteiger partial charge < -0.3 is 0 Å². The van der Waals surface area contributed by atoms with Crippen LogP contribution in [0.3, 0.4) is 0 Å². The molecule has 1 aromatic heterocycles. The molecule has 2 rings (SSSR count). The predicted octanol–water partition coefficient (Wildman–Crippen LogP) is 2.01. The van der Waals surface area contributed by atoms with E-state index in [0.29, 0.717) is 12.3 Å². The summed E-state index contributed by atoms with van der Waals surface area (Å²) in [6.45, 7) is 2.43.